The number of hydrogen-bond acceptors (Lipinski definition) is 4. The Balaban J connectivity index is 0.000000234. The number of carboxylic acids is 1. The topological polar surface area (TPSA) is 79.7 Å². The molecule has 0 aliphatic heterocycles. The second kappa shape index (κ2) is 9.49. The lowest BCUT2D eigenvalue weighted by Gasteiger charge is -2.08. The first-order valence-corrected chi connectivity index (χ1v) is 8.51. The number of phenolic OH excluding ortho intramolecular Hbond substituents is 1. The average molecular weight is 446 g/mol. The normalized spacial score (nSPS) is 10.7. The predicted molar refractivity (Wildman–Crippen MR) is 101 cm³/mol. The van der Waals surface area contributed by atoms with E-state index in [-0.39, 0.29) is 22.9 Å². The molecule has 0 bridgehead atoms. The maximum atomic E-state index is 11.9. The Labute approximate surface area is 172 Å². The monoisotopic (exact) mass is 445 g/mol. The van der Waals surface area contributed by atoms with Crippen molar-refractivity contribution in [2.75, 3.05) is 0 Å². The molecule has 2 aromatic carbocycles. The van der Waals surface area contributed by atoms with Crippen molar-refractivity contribution in [1.29, 1.82) is 0 Å². The van der Waals surface area contributed by atoms with Crippen molar-refractivity contribution in [2.45, 2.75) is 6.18 Å². The fourth-order valence-electron chi connectivity index (χ4n) is 1.98. The van der Waals surface area contributed by atoms with Crippen molar-refractivity contribution in [1.82, 2.24) is 4.98 Å². The molecule has 0 radical (unpaired) electrons. The van der Waals surface area contributed by atoms with Gasteiger partial charge in [0.1, 0.15) is 17.1 Å². The molecule has 0 saturated heterocycles. The molecule has 10 heteroatoms. The molecule has 152 valence electrons. The molecular formula is C19H12Cl2F3NO4. The molecule has 1 heterocycles. The summed E-state index contributed by atoms with van der Waals surface area (Å²) in [5.74, 6) is -1.28. The molecule has 0 amide bonds. The number of aromatic hydroxyl groups is 1. The Hall–Kier alpha value is -2.97. The van der Waals surface area contributed by atoms with Crippen molar-refractivity contribution in [3.8, 4) is 17.4 Å². The lowest BCUT2D eigenvalue weighted by atomic mass is 10.2. The zero-order valence-corrected chi connectivity index (χ0v) is 15.8. The summed E-state index contributed by atoms with van der Waals surface area (Å²) in [6, 6.07) is 11.5. The largest absolute Gasteiger partial charge is 0.508 e. The second-order valence-corrected chi connectivity index (χ2v) is 6.23. The number of rotatable bonds is 3. The first-order valence-electron chi connectivity index (χ1n) is 7.75. The third kappa shape index (κ3) is 6.55. The van der Waals surface area contributed by atoms with Gasteiger partial charge in [0.15, 0.2) is 0 Å². The van der Waals surface area contributed by atoms with E-state index in [9.17, 15) is 18.0 Å². The minimum absolute atomic E-state index is 0.0332. The summed E-state index contributed by atoms with van der Waals surface area (Å²) in [4.78, 5) is 14.8. The Bertz CT molecular complexity index is 1010. The summed E-state index contributed by atoms with van der Waals surface area (Å²) in [7, 11) is 0. The van der Waals surface area contributed by atoms with E-state index >= 15 is 0 Å². The molecule has 3 rings (SSSR count). The van der Waals surface area contributed by atoms with E-state index in [1.807, 2.05) is 0 Å². The van der Waals surface area contributed by atoms with Crippen LogP contribution in [0.5, 0.6) is 17.4 Å². The van der Waals surface area contributed by atoms with Crippen LogP contribution in [0.15, 0.2) is 60.8 Å². The zero-order chi connectivity index (χ0) is 21.6. The highest BCUT2D eigenvalue weighted by atomic mass is 35.5. The maximum Gasteiger partial charge on any atom is 0.416 e. The van der Waals surface area contributed by atoms with Crippen molar-refractivity contribution < 1.29 is 32.9 Å². The van der Waals surface area contributed by atoms with E-state index in [0.29, 0.717) is 16.1 Å². The Morgan fingerprint density at radius 3 is 2.34 bits per heavy atom. The fourth-order valence-corrected chi connectivity index (χ4v) is 2.29. The summed E-state index contributed by atoms with van der Waals surface area (Å²) in [6.45, 7) is 0. The molecule has 0 aliphatic carbocycles. The van der Waals surface area contributed by atoms with Gasteiger partial charge in [-0.3, -0.25) is 0 Å². The second-order valence-electron chi connectivity index (χ2n) is 5.39. The summed E-state index contributed by atoms with van der Waals surface area (Å²) >= 11 is 11.7. The van der Waals surface area contributed by atoms with Crippen LogP contribution in [0.3, 0.4) is 0 Å². The lowest BCUT2D eigenvalue weighted by molar-refractivity contribution is -0.137. The maximum absolute atomic E-state index is 11.9. The summed E-state index contributed by atoms with van der Waals surface area (Å²) in [5.41, 5.74) is -0.883. The van der Waals surface area contributed by atoms with Gasteiger partial charge in [-0.05, 0) is 42.5 Å². The highest BCUT2D eigenvalue weighted by molar-refractivity contribution is 6.34. The first kappa shape index (κ1) is 22.3. The minimum atomic E-state index is -4.38. The molecule has 2 N–H and O–H groups in total. The van der Waals surface area contributed by atoms with Crippen LogP contribution in [-0.4, -0.2) is 21.2 Å². The number of benzene rings is 2. The number of aromatic carboxylic acids is 1. The van der Waals surface area contributed by atoms with Crippen molar-refractivity contribution in [3.05, 3.63) is 82.0 Å². The quantitative estimate of drug-likeness (QED) is 0.495. The van der Waals surface area contributed by atoms with Crippen LogP contribution in [-0.2, 0) is 6.18 Å². The number of hydrogen-bond donors (Lipinski definition) is 2. The van der Waals surface area contributed by atoms with Crippen molar-refractivity contribution in [3.63, 3.8) is 0 Å². The highest BCUT2D eigenvalue weighted by Crippen LogP contribution is 2.32. The Kier molecular flexibility index (Phi) is 7.30. The summed E-state index contributed by atoms with van der Waals surface area (Å²) in [6.07, 6.45) is -2.95. The van der Waals surface area contributed by atoms with Gasteiger partial charge in [0.05, 0.1) is 10.6 Å². The lowest BCUT2D eigenvalue weighted by Crippen LogP contribution is -2.03. The number of alkyl halides is 3. The van der Waals surface area contributed by atoms with Gasteiger partial charge in [-0.15, -0.1) is 0 Å². The van der Waals surface area contributed by atoms with Gasteiger partial charge in [0.2, 0.25) is 5.88 Å². The number of pyridine rings is 1. The van der Waals surface area contributed by atoms with E-state index in [1.54, 1.807) is 12.1 Å². The number of nitrogens with zero attached hydrogens (tertiary/aromatic N) is 1. The van der Waals surface area contributed by atoms with E-state index in [0.717, 1.165) is 12.1 Å². The van der Waals surface area contributed by atoms with Crippen molar-refractivity contribution in [2.24, 2.45) is 0 Å². The van der Waals surface area contributed by atoms with Crippen LogP contribution in [0.1, 0.15) is 15.9 Å². The van der Waals surface area contributed by atoms with Gasteiger partial charge in [-0.2, -0.15) is 13.2 Å². The van der Waals surface area contributed by atoms with Gasteiger partial charge in [0.25, 0.3) is 0 Å². The number of carbonyl (C=O) groups is 1. The molecule has 0 spiro atoms. The Morgan fingerprint density at radius 2 is 1.76 bits per heavy atom. The molecule has 5 nitrogen and oxygen atoms in total. The predicted octanol–water partition coefficient (Wildman–Crippen LogP) is 6.29. The van der Waals surface area contributed by atoms with Gasteiger partial charge in [0, 0.05) is 17.3 Å². The third-order valence-corrected chi connectivity index (χ3v) is 3.82. The third-order valence-electron chi connectivity index (χ3n) is 3.27. The standard InChI is InChI=1S/C12H7Cl2NO3.C7H5F3O/c13-7-3-4-9(14)10(6-7)18-11-8(12(16)17)2-1-5-15-11;8-7(9,10)5-2-1-3-6(11)4-5/h1-6H,(H,16,17);1-4,11H. The van der Waals surface area contributed by atoms with E-state index in [4.69, 9.17) is 38.2 Å². The van der Waals surface area contributed by atoms with Crippen LogP contribution >= 0.6 is 23.2 Å². The minimum Gasteiger partial charge on any atom is -0.508 e. The molecule has 0 fully saturated rings. The van der Waals surface area contributed by atoms with Crippen LogP contribution in [0.2, 0.25) is 10.0 Å². The average Bonchev–Trinajstić information content (AvgIpc) is 2.65. The highest BCUT2D eigenvalue weighted by Gasteiger charge is 2.30. The zero-order valence-electron chi connectivity index (χ0n) is 14.3. The molecule has 3 aromatic rings. The Morgan fingerprint density at radius 1 is 1.03 bits per heavy atom. The first-order chi connectivity index (χ1) is 13.6. The SMILES string of the molecule is O=C(O)c1cccnc1Oc1cc(Cl)ccc1Cl.Oc1cccc(C(F)(F)F)c1. The van der Waals surface area contributed by atoms with Gasteiger partial charge < -0.3 is 14.9 Å². The number of aromatic nitrogens is 1. The van der Waals surface area contributed by atoms with Gasteiger partial charge >= 0.3 is 12.1 Å². The van der Waals surface area contributed by atoms with Crippen LogP contribution in [0.4, 0.5) is 13.2 Å². The molecule has 0 unspecified atom stereocenters. The molecule has 0 aliphatic rings. The smallest absolute Gasteiger partial charge is 0.416 e. The summed E-state index contributed by atoms with van der Waals surface area (Å²) < 4.78 is 40.9. The molecule has 29 heavy (non-hydrogen) atoms. The van der Waals surface area contributed by atoms with E-state index in [1.165, 1.54) is 30.5 Å². The van der Waals surface area contributed by atoms with Crippen LogP contribution < -0.4 is 4.74 Å². The summed E-state index contributed by atoms with van der Waals surface area (Å²) in [5, 5.41) is 18.4. The molecule has 0 saturated carbocycles. The number of carboxylic acid groups (broad SMARTS) is 1. The van der Waals surface area contributed by atoms with Crippen molar-refractivity contribution >= 4 is 29.2 Å². The fraction of sp³-hybridized carbons (Fsp3) is 0.0526. The number of ether oxygens (including phenoxy) is 1. The van der Waals surface area contributed by atoms with Crippen LogP contribution in [0, 0.1) is 0 Å². The van der Waals surface area contributed by atoms with E-state index in [2.05, 4.69) is 4.98 Å². The number of halogens is 5. The van der Waals surface area contributed by atoms with Crippen LogP contribution in [0.25, 0.3) is 0 Å². The molecule has 0 atom stereocenters. The van der Waals surface area contributed by atoms with Gasteiger partial charge in [-0.1, -0.05) is 29.3 Å². The van der Waals surface area contributed by atoms with Gasteiger partial charge in [-0.25, -0.2) is 9.78 Å². The molecule has 1 aromatic heterocycles. The number of phenols is 1. The van der Waals surface area contributed by atoms with E-state index < -0.39 is 17.7 Å². The molecular weight excluding hydrogens is 434 g/mol.